The molecule has 23 heavy (non-hydrogen) atoms. The Hall–Kier alpha value is -3.15. The highest BCUT2D eigenvalue weighted by atomic mass is 16.5. The molecule has 116 valence electrons. The lowest BCUT2D eigenvalue weighted by Gasteiger charge is -2.07. The van der Waals surface area contributed by atoms with Gasteiger partial charge in [-0.3, -0.25) is 9.36 Å². The first-order chi connectivity index (χ1) is 11.2. The van der Waals surface area contributed by atoms with Crippen molar-refractivity contribution in [3.8, 4) is 11.6 Å². The summed E-state index contributed by atoms with van der Waals surface area (Å²) < 4.78 is 6.95. The van der Waals surface area contributed by atoms with Crippen LogP contribution in [0.5, 0.6) is 5.75 Å². The van der Waals surface area contributed by atoms with Crippen molar-refractivity contribution in [2.24, 2.45) is 0 Å². The van der Waals surface area contributed by atoms with Crippen LogP contribution in [0.15, 0.2) is 61.3 Å². The minimum Gasteiger partial charge on any atom is -0.497 e. The number of rotatable bonds is 5. The van der Waals surface area contributed by atoms with Gasteiger partial charge in [0.05, 0.1) is 25.4 Å². The maximum atomic E-state index is 12.1. The van der Waals surface area contributed by atoms with Gasteiger partial charge in [-0.2, -0.15) is 0 Å². The Morgan fingerprint density at radius 1 is 1.30 bits per heavy atom. The number of pyridine rings is 1. The van der Waals surface area contributed by atoms with Crippen molar-refractivity contribution in [3.05, 3.63) is 66.9 Å². The van der Waals surface area contributed by atoms with E-state index in [9.17, 15) is 4.79 Å². The standard InChI is InChI=1S/C17H16N4O2/c1-23-15-4-2-3-13(9-15)10-17(22)20-14-5-6-16(19-11-14)21-8-7-18-12-21/h2-9,11-12H,10H2,1H3,(H,20,22). The van der Waals surface area contributed by atoms with Crippen molar-refractivity contribution in [2.45, 2.75) is 6.42 Å². The van der Waals surface area contributed by atoms with Crippen LogP contribution in [0.3, 0.4) is 0 Å². The molecule has 0 aliphatic heterocycles. The van der Waals surface area contributed by atoms with E-state index < -0.39 is 0 Å². The van der Waals surface area contributed by atoms with Gasteiger partial charge in [0, 0.05) is 12.4 Å². The first-order valence-electron chi connectivity index (χ1n) is 7.12. The smallest absolute Gasteiger partial charge is 0.228 e. The fraction of sp³-hybridized carbons (Fsp3) is 0.118. The monoisotopic (exact) mass is 308 g/mol. The largest absolute Gasteiger partial charge is 0.497 e. The number of hydrogen-bond donors (Lipinski definition) is 1. The lowest BCUT2D eigenvalue weighted by molar-refractivity contribution is -0.115. The third kappa shape index (κ3) is 3.74. The second-order valence-corrected chi connectivity index (χ2v) is 4.95. The van der Waals surface area contributed by atoms with Crippen molar-refractivity contribution >= 4 is 11.6 Å². The number of aromatic nitrogens is 3. The molecule has 6 heteroatoms. The van der Waals surface area contributed by atoms with E-state index in [1.807, 2.05) is 42.6 Å². The predicted octanol–water partition coefficient (Wildman–Crippen LogP) is 2.46. The molecule has 0 radical (unpaired) electrons. The Kier molecular flexibility index (Phi) is 4.33. The molecule has 1 aromatic carbocycles. The molecule has 0 unspecified atom stereocenters. The van der Waals surface area contributed by atoms with Crippen LogP contribution in [0, 0.1) is 0 Å². The van der Waals surface area contributed by atoms with Crippen LogP contribution in [-0.4, -0.2) is 27.6 Å². The fourth-order valence-corrected chi connectivity index (χ4v) is 2.18. The SMILES string of the molecule is COc1cccc(CC(=O)Nc2ccc(-n3ccnc3)nc2)c1. The van der Waals surface area contributed by atoms with Gasteiger partial charge in [-0.1, -0.05) is 12.1 Å². The molecule has 0 saturated carbocycles. The molecule has 1 N–H and O–H groups in total. The molecular weight excluding hydrogens is 292 g/mol. The summed E-state index contributed by atoms with van der Waals surface area (Å²) in [6.45, 7) is 0. The highest BCUT2D eigenvalue weighted by Crippen LogP contribution is 2.14. The molecule has 0 bridgehead atoms. The van der Waals surface area contributed by atoms with Crippen molar-refractivity contribution in [2.75, 3.05) is 12.4 Å². The number of nitrogens with zero attached hydrogens (tertiary/aromatic N) is 3. The number of methoxy groups -OCH3 is 1. The molecule has 2 heterocycles. The summed E-state index contributed by atoms with van der Waals surface area (Å²) in [6.07, 6.45) is 7.07. The number of ether oxygens (including phenoxy) is 1. The van der Waals surface area contributed by atoms with E-state index in [1.54, 1.807) is 30.4 Å². The summed E-state index contributed by atoms with van der Waals surface area (Å²) in [5.41, 5.74) is 1.55. The third-order valence-corrected chi connectivity index (χ3v) is 3.30. The summed E-state index contributed by atoms with van der Waals surface area (Å²) in [5, 5.41) is 2.83. The Morgan fingerprint density at radius 3 is 2.91 bits per heavy atom. The zero-order valence-electron chi connectivity index (χ0n) is 12.6. The average Bonchev–Trinajstić information content (AvgIpc) is 3.10. The minimum atomic E-state index is -0.101. The molecule has 0 fully saturated rings. The molecule has 0 atom stereocenters. The first-order valence-corrected chi connectivity index (χ1v) is 7.12. The second-order valence-electron chi connectivity index (χ2n) is 4.95. The maximum Gasteiger partial charge on any atom is 0.228 e. The fourth-order valence-electron chi connectivity index (χ4n) is 2.18. The molecule has 0 aliphatic rings. The molecule has 1 amide bonds. The van der Waals surface area contributed by atoms with E-state index >= 15 is 0 Å². The van der Waals surface area contributed by atoms with Crippen LogP contribution < -0.4 is 10.1 Å². The summed E-state index contributed by atoms with van der Waals surface area (Å²) >= 11 is 0. The lowest BCUT2D eigenvalue weighted by Crippen LogP contribution is -2.14. The summed E-state index contributed by atoms with van der Waals surface area (Å²) in [5.74, 6) is 1.38. The lowest BCUT2D eigenvalue weighted by atomic mass is 10.1. The van der Waals surface area contributed by atoms with E-state index in [0.29, 0.717) is 5.69 Å². The Morgan fingerprint density at radius 2 is 2.22 bits per heavy atom. The first kappa shape index (κ1) is 14.8. The summed E-state index contributed by atoms with van der Waals surface area (Å²) in [7, 11) is 1.60. The average molecular weight is 308 g/mol. The predicted molar refractivity (Wildman–Crippen MR) is 86.7 cm³/mol. The number of anilines is 1. The van der Waals surface area contributed by atoms with Crippen LogP contribution >= 0.6 is 0 Å². The van der Waals surface area contributed by atoms with Crippen molar-refractivity contribution in [1.29, 1.82) is 0 Å². The van der Waals surface area contributed by atoms with Crippen LogP contribution in [0.4, 0.5) is 5.69 Å². The highest BCUT2D eigenvalue weighted by Gasteiger charge is 2.06. The van der Waals surface area contributed by atoms with Crippen LogP contribution in [0.1, 0.15) is 5.56 Å². The van der Waals surface area contributed by atoms with Gasteiger partial charge in [0.2, 0.25) is 5.91 Å². The number of carbonyl (C=O) groups is 1. The van der Waals surface area contributed by atoms with Gasteiger partial charge < -0.3 is 10.1 Å². The number of amides is 1. The molecule has 2 aromatic heterocycles. The van der Waals surface area contributed by atoms with Crippen LogP contribution in [0.2, 0.25) is 0 Å². The minimum absolute atomic E-state index is 0.101. The highest BCUT2D eigenvalue weighted by molar-refractivity contribution is 5.92. The van der Waals surface area contributed by atoms with Gasteiger partial charge >= 0.3 is 0 Å². The molecule has 6 nitrogen and oxygen atoms in total. The van der Waals surface area contributed by atoms with Gasteiger partial charge in [0.1, 0.15) is 17.9 Å². The Bertz CT molecular complexity index is 783. The zero-order valence-corrected chi connectivity index (χ0v) is 12.6. The summed E-state index contributed by atoms with van der Waals surface area (Å²) in [4.78, 5) is 20.4. The number of carbonyl (C=O) groups excluding carboxylic acids is 1. The van der Waals surface area contributed by atoms with Crippen molar-refractivity contribution in [1.82, 2.24) is 14.5 Å². The van der Waals surface area contributed by atoms with E-state index in [0.717, 1.165) is 17.1 Å². The molecule has 3 aromatic rings. The van der Waals surface area contributed by atoms with Gasteiger partial charge in [-0.05, 0) is 29.8 Å². The van der Waals surface area contributed by atoms with Crippen LogP contribution in [0.25, 0.3) is 5.82 Å². The molecule has 0 spiro atoms. The van der Waals surface area contributed by atoms with E-state index in [1.165, 1.54) is 0 Å². The quantitative estimate of drug-likeness (QED) is 0.786. The van der Waals surface area contributed by atoms with E-state index in [2.05, 4.69) is 15.3 Å². The van der Waals surface area contributed by atoms with Crippen molar-refractivity contribution < 1.29 is 9.53 Å². The van der Waals surface area contributed by atoms with Gasteiger partial charge in [0.15, 0.2) is 0 Å². The van der Waals surface area contributed by atoms with Gasteiger partial charge in [-0.25, -0.2) is 9.97 Å². The third-order valence-electron chi connectivity index (χ3n) is 3.30. The van der Waals surface area contributed by atoms with Crippen LogP contribution in [-0.2, 0) is 11.2 Å². The molecule has 0 saturated heterocycles. The van der Waals surface area contributed by atoms with E-state index in [-0.39, 0.29) is 12.3 Å². The van der Waals surface area contributed by atoms with Gasteiger partial charge in [-0.15, -0.1) is 0 Å². The maximum absolute atomic E-state index is 12.1. The molecule has 0 aliphatic carbocycles. The van der Waals surface area contributed by atoms with Crippen molar-refractivity contribution in [3.63, 3.8) is 0 Å². The Labute approximate surface area is 133 Å². The number of nitrogens with one attached hydrogen (secondary N) is 1. The van der Waals surface area contributed by atoms with E-state index in [4.69, 9.17) is 4.74 Å². The summed E-state index contributed by atoms with van der Waals surface area (Å²) in [6, 6.07) is 11.1. The van der Waals surface area contributed by atoms with Gasteiger partial charge in [0.25, 0.3) is 0 Å². The normalized spacial score (nSPS) is 10.3. The topological polar surface area (TPSA) is 69.0 Å². The number of hydrogen-bond acceptors (Lipinski definition) is 4. The molecule has 3 rings (SSSR count). The molecular formula is C17H16N4O2. The number of imidazole rings is 1. The Balaban J connectivity index is 1.63. The zero-order chi connectivity index (χ0) is 16.1. The second kappa shape index (κ2) is 6.74. The number of benzene rings is 1.